The van der Waals surface area contributed by atoms with E-state index in [4.69, 9.17) is 4.74 Å². The highest BCUT2D eigenvalue weighted by atomic mass is 19.2. The first-order chi connectivity index (χ1) is 13.0. The number of rotatable bonds is 6. The number of carbonyl (C=O) groups excluding carboxylic acids is 1. The molecule has 2 aromatic rings. The van der Waals surface area contributed by atoms with E-state index >= 15 is 0 Å². The van der Waals surface area contributed by atoms with Crippen molar-refractivity contribution in [3.05, 3.63) is 47.4 Å². The average Bonchev–Trinajstić information content (AvgIpc) is 2.70. The van der Waals surface area contributed by atoms with Gasteiger partial charge in [-0.25, -0.2) is 13.2 Å². The summed E-state index contributed by atoms with van der Waals surface area (Å²) >= 11 is 0. The molecule has 2 heterocycles. The summed E-state index contributed by atoms with van der Waals surface area (Å²) in [6, 6.07) is 4.61. The highest BCUT2D eigenvalue weighted by Crippen LogP contribution is 2.20. The van der Waals surface area contributed by atoms with Crippen LogP contribution in [-0.4, -0.2) is 60.4 Å². The van der Waals surface area contributed by atoms with E-state index in [1.807, 2.05) is 0 Å². The van der Waals surface area contributed by atoms with Gasteiger partial charge in [0.2, 0.25) is 0 Å². The first-order valence-corrected chi connectivity index (χ1v) is 8.37. The number of halogens is 3. The van der Waals surface area contributed by atoms with Crippen molar-refractivity contribution < 1.29 is 22.7 Å². The van der Waals surface area contributed by atoms with Crippen LogP contribution in [0.5, 0.6) is 0 Å². The van der Waals surface area contributed by atoms with Crippen molar-refractivity contribution in [1.29, 1.82) is 0 Å². The summed E-state index contributed by atoms with van der Waals surface area (Å²) in [6.45, 7) is 4.69. The Morgan fingerprint density at radius 2 is 1.85 bits per heavy atom. The minimum atomic E-state index is -1.65. The van der Waals surface area contributed by atoms with Crippen LogP contribution in [-0.2, 0) is 4.74 Å². The predicted molar refractivity (Wildman–Crippen MR) is 92.0 cm³/mol. The predicted octanol–water partition coefficient (Wildman–Crippen LogP) is 1.89. The Hall–Kier alpha value is -2.72. The Morgan fingerprint density at radius 1 is 1.07 bits per heavy atom. The molecule has 1 saturated heterocycles. The van der Waals surface area contributed by atoms with Crippen molar-refractivity contribution in [3.63, 3.8) is 0 Å². The Kier molecular flexibility index (Phi) is 6.20. The van der Waals surface area contributed by atoms with Gasteiger partial charge >= 0.3 is 0 Å². The Morgan fingerprint density at radius 3 is 2.56 bits per heavy atom. The molecule has 144 valence electrons. The van der Waals surface area contributed by atoms with Gasteiger partial charge in [-0.3, -0.25) is 9.69 Å². The number of anilines is 2. The molecule has 0 unspecified atom stereocenters. The number of ether oxygens (including phenoxy) is 1. The van der Waals surface area contributed by atoms with Crippen molar-refractivity contribution in [2.75, 3.05) is 50.0 Å². The van der Waals surface area contributed by atoms with Crippen molar-refractivity contribution in [3.8, 4) is 0 Å². The van der Waals surface area contributed by atoms with E-state index in [1.54, 1.807) is 6.07 Å². The van der Waals surface area contributed by atoms with Gasteiger partial charge in [0.15, 0.2) is 23.1 Å². The first-order valence-electron chi connectivity index (χ1n) is 8.37. The quantitative estimate of drug-likeness (QED) is 0.744. The fourth-order valence-corrected chi connectivity index (χ4v) is 2.52. The molecule has 1 amide bonds. The number of hydrogen-bond acceptors (Lipinski definition) is 6. The zero-order valence-corrected chi connectivity index (χ0v) is 14.3. The van der Waals surface area contributed by atoms with Gasteiger partial charge in [0, 0.05) is 26.2 Å². The first kappa shape index (κ1) is 19.1. The molecular formula is C17H18F3N5O2. The zero-order valence-electron chi connectivity index (χ0n) is 14.3. The van der Waals surface area contributed by atoms with Crippen LogP contribution in [0.4, 0.5) is 24.7 Å². The SMILES string of the molecule is O=C(Nc1ccc(F)c(F)c1F)c1ccc(NCCN2CCOCC2)nn1. The van der Waals surface area contributed by atoms with E-state index in [-0.39, 0.29) is 5.69 Å². The summed E-state index contributed by atoms with van der Waals surface area (Å²) in [5.74, 6) is -4.76. The van der Waals surface area contributed by atoms with Gasteiger partial charge < -0.3 is 15.4 Å². The molecule has 27 heavy (non-hydrogen) atoms. The summed E-state index contributed by atoms with van der Waals surface area (Å²) in [5, 5.41) is 12.9. The monoisotopic (exact) mass is 381 g/mol. The van der Waals surface area contributed by atoms with Gasteiger partial charge in [-0.15, -0.1) is 10.2 Å². The van der Waals surface area contributed by atoms with Crippen LogP contribution < -0.4 is 10.6 Å². The zero-order chi connectivity index (χ0) is 19.2. The number of amides is 1. The maximum atomic E-state index is 13.6. The molecule has 3 rings (SSSR count). The molecule has 7 nitrogen and oxygen atoms in total. The third-order valence-corrected chi connectivity index (χ3v) is 4.02. The summed E-state index contributed by atoms with van der Waals surface area (Å²) in [6.07, 6.45) is 0. The van der Waals surface area contributed by atoms with Crippen molar-refractivity contribution in [2.24, 2.45) is 0 Å². The molecule has 1 aliphatic rings. The maximum Gasteiger partial charge on any atom is 0.276 e. The van der Waals surface area contributed by atoms with Gasteiger partial charge in [0.25, 0.3) is 5.91 Å². The molecule has 1 aliphatic heterocycles. The maximum absolute atomic E-state index is 13.6. The molecule has 0 bridgehead atoms. The van der Waals surface area contributed by atoms with Crippen LogP contribution in [0, 0.1) is 17.5 Å². The second-order valence-corrected chi connectivity index (χ2v) is 5.86. The van der Waals surface area contributed by atoms with Gasteiger partial charge in [-0.05, 0) is 24.3 Å². The Balaban J connectivity index is 1.53. The number of nitrogens with zero attached hydrogens (tertiary/aromatic N) is 3. The molecule has 1 fully saturated rings. The molecule has 2 N–H and O–H groups in total. The number of benzene rings is 1. The van der Waals surface area contributed by atoms with Gasteiger partial charge in [-0.2, -0.15) is 0 Å². The fourth-order valence-electron chi connectivity index (χ4n) is 2.52. The lowest BCUT2D eigenvalue weighted by molar-refractivity contribution is 0.0398. The second kappa shape index (κ2) is 8.78. The van der Waals surface area contributed by atoms with Crippen LogP contribution in [0.1, 0.15) is 10.5 Å². The van der Waals surface area contributed by atoms with Crippen LogP contribution in [0.25, 0.3) is 0 Å². The van der Waals surface area contributed by atoms with Crippen LogP contribution in [0.15, 0.2) is 24.3 Å². The molecule has 0 saturated carbocycles. The molecule has 1 aromatic heterocycles. The molecule has 10 heteroatoms. The van der Waals surface area contributed by atoms with Crippen LogP contribution in [0.3, 0.4) is 0 Å². The number of aromatic nitrogens is 2. The van der Waals surface area contributed by atoms with E-state index < -0.39 is 29.0 Å². The van der Waals surface area contributed by atoms with E-state index in [0.717, 1.165) is 45.0 Å². The standard InChI is InChI=1S/C17H18F3N5O2/c18-11-1-2-12(16(20)15(11)19)22-17(26)13-3-4-14(24-23-13)21-5-6-25-7-9-27-10-8-25/h1-4H,5-10H2,(H,21,24)(H,22,26). The Bertz CT molecular complexity index is 798. The molecule has 0 radical (unpaired) electrons. The largest absolute Gasteiger partial charge is 0.379 e. The summed E-state index contributed by atoms with van der Waals surface area (Å²) < 4.78 is 45.0. The topological polar surface area (TPSA) is 79.4 Å². The van der Waals surface area contributed by atoms with Gasteiger partial charge in [0.1, 0.15) is 5.82 Å². The normalized spacial score (nSPS) is 14.8. The second-order valence-electron chi connectivity index (χ2n) is 5.86. The van der Waals surface area contributed by atoms with E-state index in [0.29, 0.717) is 12.4 Å². The van der Waals surface area contributed by atoms with Gasteiger partial charge in [-0.1, -0.05) is 0 Å². The van der Waals surface area contributed by atoms with Crippen molar-refractivity contribution in [2.45, 2.75) is 0 Å². The lowest BCUT2D eigenvalue weighted by Crippen LogP contribution is -2.39. The molecule has 0 aliphatic carbocycles. The van der Waals surface area contributed by atoms with E-state index in [9.17, 15) is 18.0 Å². The Labute approximate surface area is 153 Å². The minimum Gasteiger partial charge on any atom is -0.379 e. The fraction of sp³-hybridized carbons (Fsp3) is 0.353. The van der Waals surface area contributed by atoms with E-state index in [1.165, 1.54) is 6.07 Å². The average molecular weight is 381 g/mol. The van der Waals surface area contributed by atoms with E-state index in [2.05, 4.69) is 25.7 Å². The lowest BCUT2D eigenvalue weighted by Gasteiger charge is -2.26. The van der Waals surface area contributed by atoms with Crippen molar-refractivity contribution in [1.82, 2.24) is 15.1 Å². The highest BCUT2D eigenvalue weighted by Gasteiger charge is 2.17. The highest BCUT2D eigenvalue weighted by molar-refractivity contribution is 6.02. The lowest BCUT2D eigenvalue weighted by atomic mass is 10.2. The smallest absolute Gasteiger partial charge is 0.276 e. The van der Waals surface area contributed by atoms with Gasteiger partial charge in [0.05, 0.1) is 18.9 Å². The molecule has 0 spiro atoms. The summed E-state index contributed by atoms with van der Waals surface area (Å²) in [4.78, 5) is 14.3. The summed E-state index contributed by atoms with van der Waals surface area (Å²) in [7, 11) is 0. The molecule has 0 atom stereocenters. The van der Waals surface area contributed by atoms with Crippen LogP contribution >= 0.6 is 0 Å². The van der Waals surface area contributed by atoms with Crippen LogP contribution in [0.2, 0.25) is 0 Å². The summed E-state index contributed by atoms with van der Waals surface area (Å²) in [5.41, 5.74) is -0.564. The number of nitrogens with one attached hydrogen (secondary N) is 2. The third-order valence-electron chi connectivity index (χ3n) is 4.02. The molecular weight excluding hydrogens is 363 g/mol. The molecule has 1 aromatic carbocycles. The number of morpholine rings is 1. The van der Waals surface area contributed by atoms with Crippen molar-refractivity contribution >= 4 is 17.4 Å². The minimum absolute atomic E-state index is 0.0853. The number of carbonyl (C=O) groups is 1. The number of hydrogen-bond donors (Lipinski definition) is 2. The third kappa shape index (κ3) is 4.92.